The van der Waals surface area contributed by atoms with Crippen molar-refractivity contribution in [3.8, 4) is 23.2 Å². The van der Waals surface area contributed by atoms with Gasteiger partial charge in [-0.05, 0) is 36.5 Å². The van der Waals surface area contributed by atoms with Gasteiger partial charge in [0.15, 0.2) is 0 Å². The predicted molar refractivity (Wildman–Crippen MR) is 101 cm³/mol. The Morgan fingerprint density at radius 1 is 1.39 bits per heavy atom. The Hall–Kier alpha value is -3.11. The van der Waals surface area contributed by atoms with Crippen LogP contribution in [-0.2, 0) is 4.79 Å². The molecule has 1 aromatic heterocycles. The Morgan fingerprint density at radius 3 is 2.86 bits per heavy atom. The minimum atomic E-state index is -1.62. The highest BCUT2D eigenvalue weighted by Crippen LogP contribution is 2.51. The van der Waals surface area contributed by atoms with Crippen LogP contribution in [0.15, 0.2) is 24.4 Å². The Labute approximate surface area is 162 Å². The van der Waals surface area contributed by atoms with Crippen molar-refractivity contribution in [3.05, 3.63) is 41.2 Å². The Kier molecular flexibility index (Phi) is 3.46. The lowest BCUT2D eigenvalue weighted by atomic mass is 9.75. The highest BCUT2D eigenvalue weighted by molar-refractivity contribution is 5.92. The molecular formula is C21H20N4O3. The van der Waals surface area contributed by atoms with Crippen molar-refractivity contribution in [3.63, 3.8) is 0 Å². The third-order valence-corrected chi connectivity index (χ3v) is 6.15. The van der Waals surface area contributed by atoms with E-state index in [0.717, 1.165) is 24.2 Å². The summed E-state index contributed by atoms with van der Waals surface area (Å²) in [4.78, 5) is 29.7. The summed E-state index contributed by atoms with van der Waals surface area (Å²) < 4.78 is 2.04. The minimum Gasteiger partial charge on any atom is -0.369 e. The van der Waals surface area contributed by atoms with Gasteiger partial charge in [0.1, 0.15) is 11.5 Å². The lowest BCUT2D eigenvalue weighted by molar-refractivity contribution is -0.137. The number of aliphatic hydroxyl groups is 1. The summed E-state index contributed by atoms with van der Waals surface area (Å²) in [6, 6.07) is 6.22. The van der Waals surface area contributed by atoms with Gasteiger partial charge in [-0.1, -0.05) is 17.9 Å². The SMILES string of the molecule is CN1CC[C@](O)(C#Cc2ccc3c(c2)-c2nc(C(N)=O)cn2C2CC3C2)C1=O. The van der Waals surface area contributed by atoms with Crippen LogP contribution in [0.3, 0.4) is 0 Å². The number of nitrogens with two attached hydrogens (primary N) is 1. The first kappa shape index (κ1) is 17.0. The summed E-state index contributed by atoms with van der Waals surface area (Å²) in [6.45, 7) is 0.491. The van der Waals surface area contributed by atoms with E-state index in [0.29, 0.717) is 30.5 Å². The quantitative estimate of drug-likeness (QED) is 0.726. The molecule has 2 amide bonds. The van der Waals surface area contributed by atoms with E-state index in [1.807, 2.05) is 22.8 Å². The molecule has 2 aromatic rings. The summed E-state index contributed by atoms with van der Waals surface area (Å²) >= 11 is 0. The molecule has 3 aliphatic heterocycles. The molecule has 1 saturated carbocycles. The molecule has 3 N–H and O–H groups in total. The van der Waals surface area contributed by atoms with Crippen LogP contribution in [0, 0.1) is 11.8 Å². The zero-order valence-corrected chi connectivity index (χ0v) is 15.5. The number of imidazole rings is 1. The second-order valence-electron chi connectivity index (χ2n) is 7.93. The van der Waals surface area contributed by atoms with Crippen molar-refractivity contribution in [2.24, 2.45) is 5.73 Å². The van der Waals surface area contributed by atoms with Crippen LogP contribution < -0.4 is 5.73 Å². The fourth-order valence-corrected chi connectivity index (χ4v) is 4.39. The van der Waals surface area contributed by atoms with Gasteiger partial charge in [0.2, 0.25) is 5.60 Å². The van der Waals surface area contributed by atoms with Crippen LogP contribution in [0.25, 0.3) is 11.4 Å². The molecule has 1 aromatic carbocycles. The van der Waals surface area contributed by atoms with Crippen LogP contribution in [0.4, 0.5) is 0 Å². The number of hydrogen-bond acceptors (Lipinski definition) is 4. The molecule has 7 heteroatoms. The molecule has 2 bridgehead atoms. The molecule has 142 valence electrons. The zero-order valence-electron chi connectivity index (χ0n) is 15.5. The summed E-state index contributed by atoms with van der Waals surface area (Å²) in [5, 5.41) is 10.5. The number of hydrogen-bond donors (Lipinski definition) is 2. The van der Waals surface area contributed by atoms with Crippen molar-refractivity contribution in [1.29, 1.82) is 0 Å². The minimum absolute atomic E-state index is 0.261. The van der Waals surface area contributed by atoms with Gasteiger partial charge in [-0.25, -0.2) is 4.98 Å². The van der Waals surface area contributed by atoms with E-state index in [1.165, 1.54) is 10.5 Å². The van der Waals surface area contributed by atoms with Crippen molar-refractivity contribution in [2.45, 2.75) is 36.8 Å². The Balaban J connectivity index is 1.58. The molecule has 4 heterocycles. The number of benzene rings is 1. The Bertz CT molecular complexity index is 1090. The summed E-state index contributed by atoms with van der Waals surface area (Å²) in [7, 11) is 1.66. The normalized spacial score (nSPS) is 27.2. The van der Waals surface area contributed by atoms with E-state index in [9.17, 15) is 14.7 Å². The number of carbonyl (C=O) groups is 2. The summed E-state index contributed by atoms with van der Waals surface area (Å²) in [6.07, 6.45) is 4.07. The van der Waals surface area contributed by atoms with E-state index >= 15 is 0 Å². The molecule has 28 heavy (non-hydrogen) atoms. The lowest BCUT2D eigenvalue weighted by Crippen LogP contribution is -2.37. The molecule has 6 rings (SSSR count). The van der Waals surface area contributed by atoms with Crippen LogP contribution in [0.2, 0.25) is 0 Å². The van der Waals surface area contributed by atoms with Gasteiger partial charge in [0, 0.05) is 43.4 Å². The molecular weight excluding hydrogens is 356 g/mol. The highest BCUT2D eigenvalue weighted by Gasteiger charge is 2.42. The smallest absolute Gasteiger partial charge is 0.268 e. The average molecular weight is 376 g/mol. The first-order valence-corrected chi connectivity index (χ1v) is 9.40. The molecule has 4 aliphatic rings. The number of carbonyl (C=O) groups excluding carboxylic acids is 2. The van der Waals surface area contributed by atoms with Crippen molar-refractivity contribution < 1.29 is 14.7 Å². The maximum atomic E-state index is 12.1. The van der Waals surface area contributed by atoms with Crippen molar-refractivity contribution in [1.82, 2.24) is 14.5 Å². The maximum Gasteiger partial charge on any atom is 0.268 e. The number of nitrogens with zero attached hydrogens (tertiary/aromatic N) is 3. The molecule has 0 spiro atoms. The lowest BCUT2D eigenvalue weighted by Gasteiger charge is -2.34. The second-order valence-corrected chi connectivity index (χ2v) is 7.93. The standard InChI is InChI=1S/C21H20N4O3/c1-24-7-6-21(28,20(24)27)5-4-12-2-3-15-13-9-14(10-13)25-11-17(18(22)26)23-19(25)16(15)8-12/h2-3,8,11,13-14,28H,6-7,9-10H2,1H3,(H2,22,26)/t13?,14?,21-/m1/s1. The Morgan fingerprint density at radius 2 is 2.18 bits per heavy atom. The highest BCUT2D eigenvalue weighted by atomic mass is 16.3. The van der Waals surface area contributed by atoms with Gasteiger partial charge in [-0.2, -0.15) is 0 Å². The fraction of sp³-hybridized carbons (Fsp3) is 0.381. The van der Waals surface area contributed by atoms with Crippen LogP contribution in [-0.4, -0.2) is 50.6 Å². The van der Waals surface area contributed by atoms with E-state index in [-0.39, 0.29) is 11.6 Å². The number of likely N-dealkylation sites (tertiary alicyclic amines) is 1. The third kappa shape index (κ3) is 2.38. The number of likely N-dealkylation sites (N-methyl/N-ethyl adjacent to an activating group) is 1. The van der Waals surface area contributed by atoms with Gasteiger partial charge in [0.25, 0.3) is 11.8 Å². The van der Waals surface area contributed by atoms with Gasteiger partial charge in [-0.15, -0.1) is 0 Å². The largest absolute Gasteiger partial charge is 0.369 e. The van der Waals surface area contributed by atoms with Crippen LogP contribution in [0.1, 0.15) is 52.8 Å². The average Bonchev–Trinajstić information content (AvgIpc) is 3.11. The molecule has 7 nitrogen and oxygen atoms in total. The van der Waals surface area contributed by atoms with Crippen LogP contribution >= 0.6 is 0 Å². The number of aromatic nitrogens is 2. The molecule has 1 atom stereocenters. The van der Waals surface area contributed by atoms with E-state index in [1.54, 1.807) is 13.2 Å². The van der Waals surface area contributed by atoms with Crippen molar-refractivity contribution in [2.75, 3.05) is 13.6 Å². The second kappa shape index (κ2) is 5.69. The van der Waals surface area contributed by atoms with Gasteiger partial charge < -0.3 is 20.3 Å². The molecule has 1 saturated heterocycles. The molecule has 0 radical (unpaired) electrons. The topological polar surface area (TPSA) is 101 Å². The first-order valence-electron chi connectivity index (χ1n) is 9.40. The van der Waals surface area contributed by atoms with Gasteiger partial charge in [-0.3, -0.25) is 9.59 Å². The number of amides is 2. The van der Waals surface area contributed by atoms with E-state index in [4.69, 9.17) is 5.73 Å². The summed E-state index contributed by atoms with van der Waals surface area (Å²) in [5.74, 6) is 6.01. The maximum absolute atomic E-state index is 12.1. The van der Waals surface area contributed by atoms with Crippen LogP contribution in [0.5, 0.6) is 0 Å². The molecule has 2 fully saturated rings. The van der Waals surface area contributed by atoms with Gasteiger partial charge in [0.05, 0.1) is 0 Å². The third-order valence-electron chi connectivity index (χ3n) is 6.15. The first-order chi connectivity index (χ1) is 13.4. The number of primary amides is 1. The zero-order chi connectivity index (χ0) is 19.6. The van der Waals surface area contributed by atoms with Crippen molar-refractivity contribution >= 4 is 11.8 Å². The van der Waals surface area contributed by atoms with E-state index < -0.39 is 11.5 Å². The number of rotatable bonds is 1. The van der Waals surface area contributed by atoms with E-state index in [2.05, 4.69) is 16.8 Å². The van der Waals surface area contributed by atoms with Gasteiger partial charge >= 0.3 is 0 Å². The molecule has 0 unspecified atom stereocenters. The monoisotopic (exact) mass is 376 g/mol. The predicted octanol–water partition coefficient (Wildman–Crippen LogP) is 1.03. The summed E-state index contributed by atoms with van der Waals surface area (Å²) in [5.41, 5.74) is 6.89. The fourth-order valence-electron chi connectivity index (χ4n) is 4.39. The molecule has 1 aliphatic carbocycles.